The Morgan fingerprint density at radius 1 is 1.44 bits per heavy atom. The molecule has 1 saturated carbocycles. The van der Waals surface area contributed by atoms with Crippen LogP contribution < -0.4 is 0 Å². The highest BCUT2D eigenvalue weighted by atomic mass is 16.6. The second kappa shape index (κ2) is 3.62. The average Bonchev–Trinajstić information content (AvgIpc) is 2.72. The zero-order valence-electron chi connectivity index (χ0n) is 10.3. The van der Waals surface area contributed by atoms with Crippen LogP contribution in [0.2, 0.25) is 0 Å². The lowest BCUT2D eigenvalue weighted by atomic mass is 9.93. The van der Waals surface area contributed by atoms with Crippen molar-refractivity contribution < 1.29 is 14.6 Å². The van der Waals surface area contributed by atoms with Crippen molar-refractivity contribution in [3.63, 3.8) is 0 Å². The average molecular weight is 227 g/mol. The molecule has 0 spiro atoms. The van der Waals surface area contributed by atoms with Gasteiger partial charge in [-0.05, 0) is 46.0 Å². The van der Waals surface area contributed by atoms with Crippen molar-refractivity contribution in [1.82, 2.24) is 4.90 Å². The lowest BCUT2D eigenvalue weighted by Gasteiger charge is -2.40. The Morgan fingerprint density at radius 2 is 2.00 bits per heavy atom. The first-order valence-corrected chi connectivity index (χ1v) is 5.98. The number of hydrogen-bond donors (Lipinski definition) is 1. The van der Waals surface area contributed by atoms with E-state index in [-0.39, 0.29) is 6.09 Å². The summed E-state index contributed by atoms with van der Waals surface area (Å²) in [5.41, 5.74) is -0.818. The fraction of sp³-hybridized carbons (Fsp3) is 0.917. The van der Waals surface area contributed by atoms with Gasteiger partial charge in [-0.15, -0.1) is 0 Å². The van der Waals surface area contributed by atoms with Crippen LogP contribution >= 0.6 is 0 Å². The van der Waals surface area contributed by atoms with E-state index in [0.29, 0.717) is 5.92 Å². The predicted molar refractivity (Wildman–Crippen MR) is 60.1 cm³/mol. The fourth-order valence-corrected chi connectivity index (χ4v) is 2.06. The highest BCUT2D eigenvalue weighted by Gasteiger charge is 2.45. The van der Waals surface area contributed by atoms with Gasteiger partial charge >= 0.3 is 6.09 Å². The summed E-state index contributed by atoms with van der Waals surface area (Å²) in [6, 6.07) is 0. The summed E-state index contributed by atoms with van der Waals surface area (Å²) in [4.78, 5) is 13.3. The third-order valence-corrected chi connectivity index (χ3v) is 3.10. The quantitative estimate of drug-likeness (QED) is 0.782. The molecule has 92 valence electrons. The van der Waals surface area contributed by atoms with E-state index in [0.717, 1.165) is 32.4 Å². The van der Waals surface area contributed by atoms with Crippen molar-refractivity contribution in [3.8, 4) is 0 Å². The topological polar surface area (TPSA) is 49.8 Å². The molecule has 16 heavy (non-hydrogen) atoms. The molecule has 1 N–H and O–H groups in total. The van der Waals surface area contributed by atoms with Gasteiger partial charge in [-0.3, -0.25) is 0 Å². The predicted octanol–water partition coefficient (Wildman–Crippen LogP) is 1.77. The molecule has 1 aliphatic heterocycles. The molecule has 0 aromatic heterocycles. The molecule has 1 amide bonds. The van der Waals surface area contributed by atoms with Crippen LogP contribution in [0, 0.1) is 5.92 Å². The van der Waals surface area contributed by atoms with Crippen molar-refractivity contribution in [2.45, 2.75) is 51.2 Å². The van der Waals surface area contributed by atoms with Crippen LogP contribution in [-0.4, -0.2) is 40.4 Å². The highest BCUT2D eigenvalue weighted by molar-refractivity contribution is 5.69. The van der Waals surface area contributed by atoms with Gasteiger partial charge in [0.25, 0.3) is 0 Å². The summed E-state index contributed by atoms with van der Waals surface area (Å²) >= 11 is 0. The number of likely N-dealkylation sites (tertiary alicyclic amines) is 1. The maximum atomic E-state index is 11.6. The molecule has 0 aromatic carbocycles. The molecular weight excluding hydrogens is 206 g/mol. The fourth-order valence-electron chi connectivity index (χ4n) is 2.06. The van der Waals surface area contributed by atoms with Crippen LogP contribution in [0.3, 0.4) is 0 Å². The third kappa shape index (κ3) is 2.88. The van der Waals surface area contributed by atoms with E-state index in [2.05, 4.69) is 0 Å². The molecule has 0 radical (unpaired) electrons. The van der Waals surface area contributed by atoms with Gasteiger partial charge in [0.1, 0.15) is 5.60 Å². The van der Waals surface area contributed by atoms with Gasteiger partial charge in [-0.1, -0.05) is 0 Å². The maximum Gasteiger partial charge on any atom is 0.410 e. The SMILES string of the molecule is CC(C)(C)OC(=O)N1CC(CC2(O)CC2)C1. The van der Waals surface area contributed by atoms with Crippen LogP contribution in [0.15, 0.2) is 0 Å². The summed E-state index contributed by atoms with van der Waals surface area (Å²) < 4.78 is 5.26. The second-order valence-electron chi connectivity index (χ2n) is 6.18. The number of carbonyl (C=O) groups excluding carboxylic acids is 1. The number of carbonyl (C=O) groups is 1. The van der Waals surface area contributed by atoms with E-state index in [9.17, 15) is 9.90 Å². The molecule has 1 heterocycles. The van der Waals surface area contributed by atoms with Crippen molar-refractivity contribution in [2.75, 3.05) is 13.1 Å². The summed E-state index contributed by atoms with van der Waals surface area (Å²) in [5.74, 6) is 0.458. The first kappa shape index (κ1) is 11.7. The molecule has 2 fully saturated rings. The third-order valence-electron chi connectivity index (χ3n) is 3.10. The van der Waals surface area contributed by atoms with Crippen LogP contribution in [0.5, 0.6) is 0 Å². The highest BCUT2D eigenvalue weighted by Crippen LogP contribution is 2.42. The Morgan fingerprint density at radius 3 is 2.44 bits per heavy atom. The second-order valence-corrected chi connectivity index (χ2v) is 6.18. The van der Waals surface area contributed by atoms with E-state index in [4.69, 9.17) is 4.74 Å². The Labute approximate surface area is 96.6 Å². The minimum absolute atomic E-state index is 0.230. The molecule has 0 aromatic rings. The van der Waals surface area contributed by atoms with Crippen molar-refractivity contribution in [1.29, 1.82) is 0 Å². The van der Waals surface area contributed by atoms with Crippen LogP contribution in [-0.2, 0) is 4.74 Å². The van der Waals surface area contributed by atoms with E-state index in [1.165, 1.54) is 0 Å². The number of nitrogens with zero attached hydrogens (tertiary/aromatic N) is 1. The Balaban J connectivity index is 1.69. The molecular formula is C12H21NO3. The first-order valence-electron chi connectivity index (χ1n) is 5.98. The largest absolute Gasteiger partial charge is 0.444 e. The number of rotatable bonds is 2. The van der Waals surface area contributed by atoms with Crippen LogP contribution in [0.4, 0.5) is 4.79 Å². The Bertz CT molecular complexity index is 285. The standard InChI is InChI=1S/C12H21NO3/c1-11(2,3)16-10(14)13-7-9(8-13)6-12(15)4-5-12/h9,15H,4-8H2,1-3H3. The van der Waals surface area contributed by atoms with Gasteiger partial charge in [0, 0.05) is 13.1 Å². The Kier molecular flexibility index (Phi) is 2.65. The molecule has 0 atom stereocenters. The monoisotopic (exact) mass is 227 g/mol. The number of ether oxygens (including phenoxy) is 1. The van der Waals surface area contributed by atoms with Gasteiger partial charge in [-0.2, -0.15) is 0 Å². The van der Waals surface area contributed by atoms with Crippen LogP contribution in [0.1, 0.15) is 40.0 Å². The van der Waals surface area contributed by atoms with Gasteiger partial charge in [0.2, 0.25) is 0 Å². The molecule has 0 unspecified atom stereocenters. The van der Waals surface area contributed by atoms with Crippen LogP contribution in [0.25, 0.3) is 0 Å². The first-order chi connectivity index (χ1) is 7.27. The zero-order chi connectivity index (χ0) is 12.0. The van der Waals surface area contributed by atoms with E-state index >= 15 is 0 Å². The van der Waals surface area contributed by atoms with E-state index in [1.807, 2.05) is 20.8 Å². The van der Waals surface area contributed by atoms with Crippen molar-refractivity contribution in [2.24, 2.45) is 5.92 Å². The summed E-state index contributed by atoms with van der Waals surface area (Å²) in [6.45, 7) is 7.08. The molecule has 4 heteroatoms. The number of amides is 1. The minimum atomic E-state index is -0.420. The van der Waals surface area contributed by atoms with E-state index < -0.39 is 11.2 Å². The minimum Gasteiger partial charge on any atom is -0.444 e. The zero-order valence-corrected chi connectivity index (χ0v) is 10.3. The van der Waals surface area contributed by atoms with Crippen molar-refractivity contribution in [3.05, 3.63) is 0 Å². The van der Waals surface area contributed by atoms with Gasteiger partial charge < -0.3 is 14.7 Å². The summed E-state index contributed by atoms with van der Waals surface area (Å²) in [7, 11) is 0. The summed E-state index contributed by atoms with van der Waals surface area (Å²) in [5, 5.41) is 9.74. The maximum absolute atomic E-state index is 11.6. The molecule has 4 nitrogen and oxygen atoms in total. The molecule has 0 bridgehead atoms. The van der Waals surface area contributed by atoms with Gasteiger partial charge in [-0.25, -0.2) is 4.79 Å². The normalized spacial score (nSPS) is 23.9. The van der Waals surface area contributed by atoms with Gasteiger partial charge in [0.05, 0.1) is 5.60 Å². The molecule has 2 aliphatic rings. The summed E-state index contributed by atoms with van der Waals surface area (Å²) in [6.07, 6.45) is 2.46. The van der Waals surface area contributed by atoms with E-state index in [1.54, 1.807) is 4.90 Å². The molecule has 2 rings (SSSR count). The lowest BCUT2D eigenvalue weighted by molar-refractivity contribution is -0.0122. The molecule has 1 saturated heterocycles. The van der Waals surface area contributed by atoms with Crippen molar-refractivity contribution >= 4 is 6.09 Å². The number of hydrogen-bond acceptors (Lipinski definition) is 3. The lowest BCUT2D eigenvalue weighted by Crippen LogP contribution is -2.52. The van der Waals surface area contributed by atoms with Gasteiger partial charge in [0.15, 0.2) is 0 Å². The Hall–Kier alpha value is -0.770. The smallest absolute Gasteiger partial charge is 0.410 e. The number of aliphatic hydroxyl groups is 1. The molecule has 1 aliphatic carbocycles.